The summed E-state index contributed by atoms with van der Waals surface area (Å²) in [6.07, 6.45) is 5.11. The number of morpholine rings is 1. The highest BCUT2D eigenvalue weighted by molar-refractivity contribution is 5.91. The minimum absolute atomic E-state index is 0.0375. The van der Waals surface area contributed by atoms with Crippen molar-refractivity contribution in [3.63, 3.8) is 0 Å². The van der Waals surface area contributed by atoms with E-state index in [2.05, 4.69) is 20.0 Å². The third kappa shape index (κ3) is 3.40. The van der Waals surface area contributed by atoms with E-state index in [0.29, 0.717) is 25.8 Å². The first-order chi connectivity index (χ1) is 13.2. The van der Waals surface area contributed by atoms with Crippen LogP contribution >= 0.6 is 0 Å². The van der Waals surface area contributed by atoms with Gasteiger partial charge in [0.1, 0.15) is 0 Å². The van der Waals surface area contributed by atoms with Crippen molar-refractivity contribution in [2.24, 2.45) is 0 Å². The molecule has 2 N–H and O–H groups in total. The largest absolute Gasteiger partial charge is 0.382 e. The van der Waals surface area contributed by atoms with Gasteiger partial charge in [-0.15, -0.1) is 0 Å². The molecule has 0 amide bonds. The van der Waals surface area contributed by atoms with Crippen molar-refractivity contribution in [3.05, 3.63) is 18.6 Å². The molecule has 0 spiro atoms. The van der Waals surface area contributed by atoms with Crippen LogP contribution in [0.3, 0.4) is 0 Å². The van der Waals surface area contributed by atoms with E-state index in [1.165, 1.54) is 0 Å². The average molecular weight is 370 g/mol. The molecule has 4 heterocycles. The summed E-state index contributed by atoms with van der Waals surface area (Å²) in [7, 11) is 1.67. The molecule has 1 unspecified atom stereocenters. The van der Waals surface area contributed by atoms with E-state index in [0.717, 1.165) is 35.4 Å². The number of aromatic nitrogens is 6. The van der Waals surface area contributed by atoms with Gasteiger partial charge in [0.2, 0.25) is 11.9 Å². The normalized spacial score (nSPS) is 16.0. The molecule has 1 fully saturated rings. The highest BCUT2D eigenvalue weighted by Gasteiger charge is 2.21. The second-order valence-electron chi connectivity index (χ2n) is 6.43. The summed E-state index contributed by atoms with van der Waals surface area (Å²) in [4.78, 5) is 19.9. The predicted molar refractivity (Wildman–Crippen MR) is 100 cm³/mol. The van der Waals surface area contributed by atoms with Crippen LogP contribution in [0.2, 0.25) is 0 Å². The summed E-state index contributed by atoms with van der Waals surface area (Å²) in [6, 6.07) is 0.0375. The molecule has 0 radical (unpaired) electrons. The molecule has 1 saturated heterocycles. The SMILES string of the molecule is COCC(C)n1ncc2c(-c3cnc(N)nc3)nc(N3CCOCC3)nc21. The van der Waals surface area contributed by atoms with Crippen molar-refractivity contribution >= 4 is 22.9 Å². The Bertz CT molecular complexity index is 921. The van der Waals surface area contributed by atoms with E-state index in [9.17, 15) is 0 Å². The fraction of sp³-hybridized carbons (Fsp3) is 0.471. The van der Waals surface area contributed by atoms with Crippen molar-refractivity contribution < 1.29 is 9.47 Å². The molecule has 0 bridgehead atoms. The number of rotatable bonds is 5. The number of anilines is 2. The number of hydrogen-bond donors (Lipinski definition) is 1. The van der Waals surface area contributed by atoms with Gasteiger partial charge in [-0.25, -0.2) is 19.6 Å². The van der Waals surface area contributed by atoms with Gasteiger partial charge in [0.15, 0.2) is 5.65 Å². The first-order valence-corrected chi connectivity index (χ1v) is 8.82. The van der Waals surface area contributed by atoms with Crippen LogP contribution in [0.15, 0.2) is 18.6 Å². The molecule has 3 aromatic rings. The predicted octanol–water partition coefficient (Wildman–Crippen LogP) is 0.910. The Morgan fingerprint density at radius 2 is 1.93 bits per heavy atom. The maximum atomic E-state index is 5.63. The van der Waals surface area contributed by atoms with Gasteiger partial charge < -0.3 is 20.1 Å². The van der Waals surface area contributed by atoms with E-state index in [1.54, 1.807) is 25.7 Å². The summed E-state index contributed by atoms with van der Waals surface area (Å²) in [5, 5.41) is 5.37. The van der Waals surface area contributed by atoms with Gasteiger partial charge in [-0.05, 0) is 6.92 Å². The molecule has 0 aliphatic carbocycles. The second-order valence-corrected chi connectivity index (χ2v) is 6.43. The van der Waals surface area contributed by atoms with Crippen LogP contribution in [0.4, 0.5) is 11.9 Å². The number of nitrogens with two attached hydrogens (primary N) is 1. The quantitative estimate of drug-likeness (QED) is 0.699. The Labute approximate surface area is 156 Å². The molecule has 142 valence electrons. The second kappa shape index (κ2) is 7.41. The number of hydrogen-bond acceptors (Lipinski definition) is 9. The van der Waals surface area contributed by atoms with Gasteiger partial charge in [-0.2, -0.15) is 10.1 Å². The molecular formula is C17H22N8O2. The molecule has 3 aromatic heterocycles. The Hall–Kier alpha value is -2.85. The molecular weight excluding hydrogens is 348 g/mol. The monoisotopic (exact) mass is 370 g/mol. The van der Waals surface area contributed by atoms with Crippen LogP contribution in [-0.4, -0.2) is 69.7 Å². The average Bonchev–Trinajstić information content (AvgIpc) is 3.13. The lowest BCUT2D eigenvalue weighted by atomic mass is 10.2. The zero-order valence-corrected chi connectivity index (χ0v) is 15.4. The standard InChI is InChI=1S/C17H22N8O2/c1-11(10-26-2)25-15-13(9-21-25)14(12-7-19-16(18)20-8-12)22-17(23-15)24-3-5-27-6-4-24/h7-9,11H,3-6,10H2,1-2H3,(H2,18,19,20). The molecule has 10 heteroatoms. The van der Waals surface area contributed by atoms with E-state index in [4.69, 9.17) is 25.2 Å². The van der Waals surface area contributed by atoms with Crippen molar-refractivity contribution in [2.45, 2.75) is 13.0 Å². The lowest BCUT2D eigenvalue weighted by Crippen LogP contribution is -2.37. The summed E-state index contributed by atoms with van der Waals surface area (Å²) in [6.45, 7) is 5.37. The first kappa shape index (κ1) is 17.6. The summed E-state index contributed by atoms with van der Waals surface area (Å²) < 4.78 is 12.6. The fourth-order valence-electron chi connectivity index (χ4n) is 3.13. The Kier molecular flexibility index (Phi) is 4.82. The van der Waals surface area contributed by atoms with E-state index >= 15 is 0 Å². The molecule has 10 nitrogen and oxygen atoms in total. The van der Waals surface area contributed by atoms with Crippen LogP contribution in [0.25, 0.3) is 22.3 Å². The van der Waals surface area contributed by atoms with Gasteiger partial charge in [0.05, 0.1) is 43.1 Å². The Morgan fingerprint density at radius 1 is 1.19 bits per heavy atom. The Balaban J connectivity index is 1.87. The topological polar surface area (TPSA) is 117 Å². The summed E-state index contributed by atoms with van der Waals surface area (Å²) in [5.74, 6) is 0.867. The van der Waals surface area contributed by atoms with Crippen LogP contribution in [0, 0.1) is 0 Å². The van der Waals surface area contributed by atoms with Gasteiger partial charge in [-0.1, -0.05) is 0 Å². The van der Waals surface area contributed by atoms with Crippen LogP contribution in [0.1, 0.15) is 13.0 Å². The zero-order chi connectivity index (χ0) is 18.8. The number of ether oxygens (including phenoxy) is 2. The molecule has 1 aliphatic heterocycles. The minimum Gasteiger partial charge on any atom is -0.382 e. The van der Waals surface area contributed by atoms with Crippen LogP contribution in [0.5, 0.6) is 0 Å². The highest BCUT2D eigenvalue weighted by Crippen LogP contribution is 2.29. The van der Waals surface area contributed by atoms with Crippen molar-refractivity contribution in [1.29, 1.82) is 0 Å². The molecule has 4 rings (SSSR count). The lowest BCUT2D eigenvalue weighted by molar-refractivity contribution is 0.122. The number of fused-ring (bicyclic) bond motifs is 1. The number of methoxy groups -OCH3 is 1. The molecule has 1 atom stereocenters. The van der Waals surface area contributed by atoms with Crippen LogP contribution < -0.4 is 10.6 Å². The number of nitrogen functional groups attached to an aromatic ring is 1. The lowest BCUT2D eigenvalue weighted by Gasteiger charge is -2.27. The number of nitrogens with zero attached hydrogens (tertiary/aromatic N) is 7. The van der Waals surface area contributed by atoms with Crippen molar-refractivity contribution in [1.82, 2.24) is 29.7 Å². The van der Waals surface area contributed by atoms with Gasteiger partial charge in [0, 0.05) is 38.2 Å². The first-order valence-electron chi connectivity index (χ1n) is 8.82. The molecule has 27 heavy (non-hydrogen) atoms. The molecule has 0 aromatic carbocycles. The third-order valence-corrected chi connectivity index (χ3v) is 4.51. The van der Waals surface area contributed by atoms with E-state index in [-0.39, 0.29) is 12.0 Å². The fourth-order valence-corrected chi connectivity index (χ4v) is 3.13. The van der Waals surface area contributed by atoms with E-state index in [1.807, 2.05) is 11.6 Å². The zero-order valence-electron chi connectivity index (χ0n) is 15.4. The molecule has 1 aliphatic rings. The maximum absolute atomic E-state index is 5.63. The van der Waals surface area contributed by atoms with Gasteiger partial charge >= 0.3 is 0 Å². The summed E-state index contributed by atoms with van der Waals surface area (Å²) in [5.41, 5.74) is 7.89. The maximum Gasteiger partial charge on any atom is 0.228 e. The minimum atomic E-state index is 0.0375. The van der Waals surface area contributed by atoms with Gasteiger partial charge in [0.25, 0.3) is 0 Å². The highest BCUT2D eigenvalue weighted by atomic mass is 16.5. The Morgan fingerprint density at radius 3 is 2.63 bits per heavy atom. The van der Waals surface area contributed by atoms with Crippen molar-refractivity contribution in [2.75, 3.05) is 50.7 Å². The summed E-state index contributed by atoms with van der Waals surface area (Å²) >= 11 is 0. The molecule has 0 saturated carbocycles. The van der Waals surface area contributed by atoms with Gasteiger partial charge in [-0.3, -0.25) is 0 Å². The van der Waals surface area contributed by atoms with E-state index < -0.39 is 0 Å². The van der Waals surface area contributed by atoms with Crippen LogP contribution in [-0.2, 0) is 9.47 Å². The van der Waals surface area contributed by atoms with Crippen molar-refractivity contribution in [3.8, 4) is 11.3 Å². The third-order valence-electron chi connectivity index (χ3n) is 4.51. The smallest absolute Gasteiger partial charge is 0.228 e.